The molecule has 0 aliphatic carbocycles. The molecular formula is C17H16FN3OS. The molecule has 0 saturated heterocycles. The molecular weight excluding hydrogens is 313 g/mol. The van der Waals surface area contributed by atoms with Crippen molar-refractivity contribution in [1.82, 2.24) is 5.32 Å². The first-order valence-electron chi connectivity index (χ1n) is 7.51. The number of halogens is 1. The molecule has 0 saturated carbocycles. The van der Waals surface area contributed by atoms with E-state index in [4.69, 9.17) is 0 Å². The van der Waals surface area contributed by atoms with Gasteiger partial charge in [0.15, 0.2) is 0 Å². The van der Waals surface area contributed by atoms with Gasteiger partial charge in [-0.2, -0.15) is 5.26 Å². The van der Waals surface area contributed by atoms with Crippen LogP contribution >= 0.6 is 11.8 Å². The molecule has 2 unspecified atom stereocenters. The summed E-state index contributed by atoms with van der Waals surface area (Å²) in [6.45, 7) is 0.700. The van der Waals surface area contributed by atoms with Gasteiger partial charge in [0.2, 0.25) is 5.91 Å². The average molecular weight is 329 g/mol. The Hall–Kier alpha value is -2.13. The summed E-state index contributed by atoms with van der Waals surface area (Å²) in [7, 11) is 0. The minimum absolute atomic E-state index is 0.164. The first-order chi connectivity index (χ1) is 11.2. The van der Waals surface area contributed by atoms with E-state index in [2.05, 4.69) is 16.4 Å². The number of benzene rings is 1. The normalized spacial score (nSPS) is 22.6. The fraction of sp³-hybridized carbons (Fsp3) is 0.353. The van der Waals surface area contributed by atoms with Gasteiger partial charge in [-0.05, 0) is 30.0 Å². The summed E-state index contributed by atoms with van der Waals surface area (Å²) in [5.41, 5.74) is 1.61. The molecule has 1 aromatic rings. The maximum absolute atomic E-state index is 13.6. The van der Waals surface area contributed by atoms with E-state index in [9.17, 15) is 14.4 Å². The first kappa shape index (κ1) is 15.8. The third-order valence-electron chi connectivity index (χ3n) is 3.99. The van der Waals surface area contributed by atoms with Crippen LogP contribution < -0.4 is 5.32 Å². The van der Waals surface area contributed by atoms with Crippen molar-refractivity contribution < 1.29 is 9.18 Å². The van der Waals surface area contributed by atoms with Gasteiger partial charge in [0, 0.05) is 24.1 Å². The molecule has 1 N–H and O–H groups in total. The van der Waals surface area contributed by atoms with Gasteiger partial charge < -0.3 is 5.32 Å². The number of nitrogens with one attached hydrogen (secondary N) is 1. The molecule has 23 heavy (non-hydrogen) atoms. The SMILES string of the molecule is N#CC1C2=C(C=NCC2)SC1NC(=O)CCc1ccccc1F. The van der Waals surface area contributed by atoms with Crippen molar-refractivity contribution >= 4 is 23.9 Å². The molecule has 1 amide bonds. The number of hydrogen-bond acceptors (Lipinski definition) is 4. The van der Waals surface area contributed by atoms with Gasteiger partial charge in [-0.15, -0.1) is 0 Å². The monoisotopic (exact) mass is 329 g/mol. The molecule has 1 aromatic carbocycles. The maximum Gasteiger partial charge on any atom is 0.221 e. The molecule has 0 radical (unpaired) electrons. The number of dihydropyridines is 1. The summed E-state index contributed by atoms with van der Waals surface area (Å²) < 4.78 is 13.6. The highest BCUT2D eigenvalue weighted by molar-refractivity contribution is 8.04. The molecule has 3 rings (SSSR count). The molecule has 0 aromatic heterocycles. The fourth-order valence-corrected chi connectivity index (χ4v) is 4.12. The molecule has 2 atom stereocenters. The first-order valence-corrected chi connectivity index (χ1v) is 8.39. The Balaban J connectivity index is 1.58. The van der Waals surface area contributed by atoms with Gasteiger partial charge in [-0.1, -0.05) is 30.0 Å². The third-order valence-corrected chi connectivity index (χ3v) is 5.25. The third kappa shape index (κ3) is 3.45. The lowest BCUT2D eigenvalue weighted by Gasteiger charge is -2.17. The number of nitrogens with zero attached hydrogens (tertiary/aromatic N) is 2. The molecule has 118 valence electrons. The second kappa shape index (κ2) is 6.97. The zero-order valence-corrected chi connectivity index (χ0v) is 13.3. The van der Waals surface area contributed by atoms with E-state index >= 15 is 0 Å². The highest BCUT2D eigenvalue weighted by Crippen LogP contribution is 2.42. The number of nitriles is 1. The second-order valence-corrected chi connectivity index (χ2v) is 6.66. The van der Waals surface area contributed by atoms with Crippen LogP contribution in [0.5, 0.6) is 0 Å². The Morgan fingerprint density at radius 1 is 1.48 bits per heavy atom. The van der Waals surface area contributed by atoms with Gasteiger partial charge in [0.1, 0.15) is 5.82 Å². The second-order valence-electron chi connectivity index (χ2n) is 5.48. The largest absolute Gasteiger partial charge is 0.342 e. The summed E-state index contributed by atoms with van der Waals surface area (Å²) in [6, 6.07) is 8.75. The number of aryl methyl sites for hydroxylation is 1. The summed E-state index contributed by atoms with van der Waals surface area (Å²) in [5.74, 6) is -0.763. The average Bonchev–Trinajstić information content (AvgIpc) is 2.91. The number of amides is 1. The Labute approximate surface area is 138 Å². The Morgan fingerprint density at radius 2 is 2.30 bits per heavy atom. The van der Waals surface area contributed by atoms with E-state index in [1.165, 1.54) is 17.8 Å². The van der Waals surface area contributed by atoms with Crippen LogP contribution in [-0.2, 0) is 11.2 Å². The predicted octanol–water partition coefficient (Wildman–Crippen LogP) is 2.82. The highest BCUT2D eigenvalue weighted by atomic mass is 32.2. The Kier molecular flexibility index (Phi) is 4.77. The molecule has 2 aliphatic heterocycles. The zero-order valence-electron chi connectivity index (χ0n) is 12.5. The zero-order chi connectivity index (χ0) is 16.2. The molecule has 2 aliphatic rings. The van der Waals surface area contributed by atoms with Crippen molar-refractivity contribution in [3.8, 4) is 6.07 Å². The van der Waals surface area contributed by atoms with Crippen molar-refractivity contribution in [2.24, 2.45) is 10.9 Å². The lowest BCUT2D eigenvalue weighted by molar-refractivity contribution is -0.121. The molecule has 6 heteroatoms. The fourth-order valence-electron chi connectivity index (χ4n) is 2.78. The quantitative estimate of drug-likeness (QED) is 0.924. The number of rotatable bonds is 4. The summed E-state index contributed by atoms with van der Waals surface area (Å²) in [5, 5.41) is 12.0. The van der Waals surface area contributed by atoms with E-state index in [-0.39, 0.29) is 29.4 Å². The van der Waals surface area contributed by atoms with Crippen LogP contribution in [0.1, 0.15) is 18.4 Å². The van der Waals surface area contributed by atoms with Gasteiger partial charge in [-0.25, -0.2) is 4.39 Å². The van der Waals surface area contributed by atoms with Crippen molar-refractivity contribution in [2.75, 3.05) is 6.54 Å². The number of aliphatic imine (C=N–C) groups is 1. The van der Waals surface area contributed by atoms with Crippen LogP contribution in [0.3, 0.4) is 0 Å². The lowest BCUT2D eigenvalue weighted by Crippen LogP contribution is -2.36. The summed E-state index contributed by atoms with van der Waals surface area (Å²) in [6.07, 6.45) is 3.12. The van der Waals surface area contributed by atoms with Crippen LogP contribution in [0.15, 0.2) is 39.7 Å². The van der Waals surface area contributed by atoms with Crippen LogP contribution in [0.25, 0.3) is 0 Å². The van der Waals surface area contributed by atoms with Crippen molar-refractivity contribution in [3.05, 3.63) is 46.1 Å². The van der Waals surface area contributed by atoms with Crippen LogP contribution in [-0.4, -0.2) is 24.0 Å². The van der Waals surface area contributed by atoms with Crippen molar-refractivity contribution in [2.45, 2.75) is 24.6 Å². The molecule has 0 fully saturated rings. The molecule has 4 nitrogen and oxygen atoms in total. The minimum atomic E-state index is -0.306. The number of thioether (sulfide) groups is 1. The van der Waals surface area contributed by atoms with Gasteiger partial charge in [0.25, 0.3) is 0 Å². The number of allylic oxidation sites excluding steroid dienone is 1. The van der Waals surface area contributed by atoms with E-state index in [0.717, 1.165) is 16.9 Å². The van der Waals surface area contributed by atoms with Crippen molar-refractivity contribution in [1.29, 1.82) is 5.26 Å². The van der Waals surface area contributed by atoms with E-state index < -0.39 is 0 Å². The predicted molar refractivity (Wildman–Crippen MR) is 88.3 cm³/mol. The van der Waals surface area contributed by atoms with Crippen LogP contribution in [0.2, 0.25) is 0 Å². The smallest absolute Gasteiger partial charge is 0.221 e. The van der Waals surface area contributed by atoms with Crippen LogP contribution in [0.4, 0.5) is 4.39 Å². The van der Waals surface area contributed by atoms with E-state index in [1.807, 2.05) is 0 Å². The molecule has 2 heterocycles. The van der Waals surface area contributed by atoms with Crippen LogP contribution in [0, 0.1) is 23.1 Å². The lowest BCUT2D eigenvalue weighted by atomic mass is 9.96. The Morgan fingerprint density at radius 3 is 3.09 bits per heavy atom. The van der Waals surface area contributed by atoms with Gasteiger partial charge >= 0.3 is 0 Å². The maximum atomic E-state index is 13.6. The topological polar surface area (TPSA) is 65.2 Å². The molecule has 0 spiro atoms. The number of hydrogen-bond donors (Lipinski definition) is 1. The number of carbonyl (C=O) groups is 1. The van der Waals surface area contributed by atoms with E-state index in [1.54, 1.807) is 24.4 Å². The standard InChI is InChI=1S/C17H16FN3OS/c18-14-4-2-1-3-11(14)5-6-16(22)21-17-13(9-19)12-7-8-20-10-15(12)23-17/h1-4,10,13,17H,5-8H2,(H,21,22). The summed E-state index contributed by atoms with van der Waals surface area (Å²) in [4.78, 5) is 17.4. The van der Waals surface area contributed by atoms with Gasteiger partial charge in [-0.3, -0.25) is 9.79 Å². The minimum Gasteiger partial charge on any atom is -0.342 e. The molecule has 0 bridgehead atoms. The number of carbonyl (C=O) groups excluding carboxylic acids is 1. The summed E-state index contributed by atoms with van der Waals surface area (Å²) >= 11 is 1.48. The van der Waals surface area contributed by atoms with E-state index in [0.29, 0.717) is 18.5 Å². The van der Waals surface area contributed by atoms with Crippen molar-refractivity contribution in [3.63, 3.8) is 0 Å². The Bertz CT molecular complexity index is 723. The van der Waals surface area contributed by atoms with Gasteiger partial charge in [0.05, 0.1) is 17.4 Å². The highest BCUT2D eigenvalue weighted by Gasteiger charge is 2.36.